The largest absolute Gasteiger partial charge is 0.497 e. The Hall–Kier alpha value is -3.13. The van der Waals surface area contributed by atoms with Gasteiger partial charge in [-0.15, -0.1) is 0 Å². The zero-order valence-electron chi connectivity index (χ0n) is 17.4. The number of benzene rings is 1. The fourth-order valence-corrected chi connectivity index (χ4v) is 3.65. The number of methoxy groups -OCH3 is 1. The van der Waals surface area contributed by atoms with Gasteiger partial charge in [0.05, 0.1) is 29.9 Å². The van der Waals surface area contributed by atoms with E-state index in [4.69, 9.17) is 9.47 Å². The van der Waals surface area contributed by atoms with Gasteiger partial charge in [-0.1, -0.05) is 12.1 Å². The lowest BCUT2D eigenvalue weighted by molar-refractivity contribution is 0.0904. The smallest absolute Gasteiger partial charge is 0.255 e. The summed E-state index contributed by atoms with van der Waals surface area (Å²) in [4.78, 5) is 17.6. The molecule has 3 heterocycles. The Bertz CT molecular complexity index is 1010. The Morgan fingerprint density at radius 1 is 1.23 bits per heavy atom. The highest BCUT2D eigenvalue weighted by Gasteiger charge is 2.22. The number of ether oxygens (including phenoxy) is 2. The molecule has 1 fully saturated rings. The second-order valence-corrected chi connectivity index (χ2v) is 7.31. The summed E-state index contributed by atoms with van der Waals surface area (Å²) in [5.41, 5.74) is 3.09. The van der Waals surface area contributed by atoms with Crippen molar-refractivity contribution in [2.45, 2.75) is 38.9 Å². The second-order valence-electron chi connectivity index (χ2n) is 7.31. The number of nitrogens with one attached hydrogen (secondary N) is 2. The minimum absolute atomic E-state index is 0.168. The predicted molar refractivity (Wildman–Crippen MR) is 115 cm³/mol. The molecule has 0 radical (unpaired) electrons. The summed E-state index contributed by atoms with van der Waals surface area (Å²) >= 11 is 0. The molecule has 0 atom stereocenters. The number of carbonyl (C=O) groups is 1. The predicted octanol–water partition coefficient (Wildman–Crippen LogP) is 2.98. The summed E-state index contributed by atoms with van der Waals surface area (Å²) in [6.07, 6.45) is 5.23. The number of hydrogen-bond donors (Lipinski definition) is 2. The molecular weight excluding hydrogens is 382 g/mol. The van der Waals surface area contributed by atoms with Crippen molar-refractivity contribution in [3.8, 4) is 5.75 Å². The molecule has 0 saturated carbocycles. The van der Waals surface area contributed by atoms with Gasteiger partial charge in [0.1, 0.15) is 5.75 Å². The molecule has 3 aromatic rings. The van der Waals surface area contributed by atoms with E-state index in [9.17, 15) is 4.79 Å². The average Bonchev–Trinajstić information content (AvgIpc) is 3.22. The van der Waals surface area contributed by atoms with Crippen LogP contribution in [0.15, 0.2) is 36.7 Å². The molecule has 1 saturated heterocycles. The molecule has 158 valence electrons. The number of carbonyl (C=O) groups excluding carboxylic acids is 1. The van der Waals surface area contributed by atoms with Gasteiger partial charge in [-0.2, -0.15) is 5.10 Å². The van der Waals surface area contributed by atoms with Crippen molar-refractivity contribution in [2.24, 2.45) is 0 Å². The third-order valence-electron chi connectivity index (χ3n) is 5.39. The highest BCUT2D eigenvalue weighted by molar-refractivity contribution is 6.06. The van der Waals surface area contributed by atoms with Crippen LogP contribution in [0.3, 0.4) is 0 Å². The number of amides is 1. The van der Waals surface area contributed by atoms with E-state index >= 15 is 0 Å². The molecule has 0 spiro atoms. The summed E-state index contributed by atoms with van der Waals surface area (Å²) in [6.45, 7) is 4.61. The molecular formula is C22H27N5O3. The summed E-state index contributed by atoms with van der Waals surface area (Å²) in [5.74, 6) is 0.620. The molecule has 1 amide bonds. The Morgan fingerprint density at radius 2 is 2.00 bits per heavy atom. The Balaban J connectivity index is 1.59. The molecule has 2 aromatic heterocycles. The third kappa shape index (κ3) is 4.23. The topological polar surface area (TPSA) is 90.3 Å². The fourth-order valence-electron chi connectivity index (χ4n) is 3.65. The van der Waals surface area contributed by atoms with Crippen LogP contribution in [0.25, 0.3) is 11.0 Å². The lowest BCUT2D eigenvalue weighted by atomic mass is 10.1. The highest BCUT2D eigenvalue weighted by atomic mass is 16.5. The number of aryl methyl sites for hydroxylation is 1. The van der Waals surface area contributed by atoms with E-state index in [-0.39, 0.29) is 11.9 Å². The summed E-state index contributed by atoms with van der Waals surface area (Å²) < 4.78 is 12.5. The number of hydrogen-bond acceptors (Lipinski definition) is 6. The van der Waals surface area contributed by atoms with Gasteiger partial charge in [0.25, 0.3) is 5.91 Å². The van der Waals surface area contributed by atoms with Crippen LogP contribution in [0.2, 0.25) is 0 Å². The number of aromatic nitrogens is 3. The normalized spacial score (nSPS) is 14.6. The van der Waals surface area contributed by atoms with Gasteiger partial charge < -0.3 is 20.1 Å². The zero-order valence-corrected chi connectivity index (χ0v) is 17.4. The van der Waals surface area contributed by atoms with Crippen LogP contribution >= 0.6 is 0 Å². The van der Waals surface area contributed by atoms with Crippen LogP contribution < -0.4 is 15.4 Å². The first-order valence-corrected chi connectivity index (χ1v) is 10.3. The summed E-state index contributed by atoms with van der Waals surface area (Å²) in [5, 5.41) is 11.9. The van der Waals surface area contributed by atoms with Gasteiger partial charge in [-0.05, 0) is 37.5 Å². The lowest BCUT2D eigenvalue weighted by Crippen LogP contribution is -2.30. The molecule has 4 rings (SSSR count). The van der Waals surface area contributed by atoms with E-state index in [0.717, 1.165) is 60.6 Å². The first kappa shape index (κ1) is 20.2. The maximum Gasteiger partial charge on any atom is 0.255 e. The number of anilines is 1. The Kier molecular flexibility index (Phi) is 6.13. The van der Waals surface area contributed by atoms with Crippen LogP contribution in [-0.2, 0) is 17.8 Å². The van der Waals surface area contributed by atoms with Crippen molar-refractivity contribution in [2.75, 3.05) is 25.6 Å². The fraction of sp³-hybridized carbons (Fsp3) is 0.409. The summed E-state index contributed by atoms with van der Waals surface area (Å²) in [6, 6.07) is 7.89. The molecule has 30 heavy (non-hydrogen) atoms. The molecule has 0 unspecified atom stereocenters. The molecule has 1 aliphatic rings. The molecule has 2 N–H and O–H groups in total. The Morgan fingerprint density at radius 3 is 2.70 bits per heavy atom. The molecule has 8 nitrogen and oxygen atoms in total. The Labute approximate surface area is 175 Å². The molecule has 1 aliphatic heterocycles. The monoisotopic (exact) mass is 409 g/mol. The van der Waals surface area contributed by atoms with Crippen LogP contribution in [0.4, 0.5) is 5.69 Å². The van der Waals surface area contributed by atoms with Crippen LogP contribution in [0.5, 0.6) is 5.75 Å². The van der Waals surface area contributed by atoms with E-state index in [2.05, 4.69) is 20.7 Å². The van der Waals surface area contributed by atoms with Gasteiger partial charge in [0, 0.05) is 38.5 Å². The first-order chi connectivity index (χ1) is 14.7. The van der Waals surface area contributed by atoms with E-state index < -0.39 is 0 Å². The van der Waals surface area contributed by atoms with Crippen LogP contribution in [0.1, 0.15) is 35.7 Å². The maximum absolute atomic E-state index is 13.1. The molecule has 0 bridgehead atoms. The standard InChI is InChI=1S/C22H27N5O3/c1-3-27-21-18(14-25-27)20(26-16-8-10-30-11-9-16)19(13-23-21)22(28)24-12-15-4-6-17(29-2)7-5-15/h4-7,13-14,16H,3,8-12H2,1-2H3,(H,23,26)(H,24,28). The van der Waals surface area contributed by atoms with Gasteiger partial charge in [-0.25, -0.2) is 9.67 Å². The molecule has 1 aromatic carbocycles. The van der Waals surface area contributed by atoms with Gasteiger partial charge in [0.15, 0.2) is 5.65 Å². The number of rotatable bonds is 7. The van der Waals surface area contributed by atoms with Gasteiger partial charge in [-0.3, -0.25) is 4.79 Å². The highest BCUT2D eigenvalue weighted by Crippen LogP contribution is 2.28. The van der Waals surface area contributed by atoms with Crippen molar-refractivity contribution in [3.05, 3.63) is 47.8 Å². The first-order valence-electron chi connectivity index (χ1n) is 10.3. The molecule has 0 aliphatic carbocycles. The van der Waals surface area contributed by atoms with E-state index in [1.54, 1.807) is 19.5 Å². The van der Waals surface area contributed by atoms with Gasteiger partial charge >= 0.3 is 0 Å². The van der Waals surface area contributed by atoms with Crippen molar-refractivity contribution < 1.29 is 14.3 Å². The minimum atomic E-state index is -0.168. The maximum atomic E-state index is 13.1. The minimum Gasteiger partial charge on any atom is -0.497 e. The summed E-state index contributed by atoms with van der Waals surface area (Å²) in [7, 11) is 1.63. The van der Waals surface area contributed by atoms with Crippen molar-refractivity contribution in [1.82, 2.24) is 20.1 Å². The zero-order chi connectivity index (χ0) is 20.9. The van der Waals surface area contributed by atoms with Crippen LogP contribution in [0, 0.1) is 0 Å². The van der Waals surface area contributed by atoms with Gasteiger partial charge in [0.2, 0.25) is 0 Å². The number of fused-ring (bicyclic) bond motifs is 1. The van der Waals surface area contributed by atoms with Crippen molar-refractivity contribution in [1.29, 1.82) is 0 Å². The number of pyridine rings is 1. The van der Waals surface area contributed by atoms with E-state index in [0.29, 0.717) is 12.1 Å². The van der Waals surface area contributed by atoms with Crippen molar-refractivity contribution in [3.63, 3.8) is 0 Å². The average molecular weight is 409 g/mol. The number of nitrogens with zero attached hydrogens (tertiary/aromatic N) is 3. The van der Waals surface area contributed by atoms with E-state index in [1.807, 2.05) is 35.9 Å². The van der Waals surface area contributed by atoms with Crippen LogP contribution in [-0.4, -0.2) is 47.0 Å². The quantitative estimate of drug-likeness (QED) is 0.624. The lowest BCUT2D eigenvalue weighted by Gasteiger charge is -2.25. The third-order valence-corrected chi connectivity index (χ3v) is 5.39. The SMILES string of the molecule is CCn1ncc2c(NC3CCOCC3)c(C(=O)NCc3ccc(OC)cc3)cnc21. The second kappa shape index (κ2) is 9.13. The van der Waals surface area contributed by atoms with E-state index in [1.165, 1.54) is 0 Å². The van der Waals surface area contributed by atoms with Crippen molar-refractivity contribution >= 4 is 22.6 Å². The molecule has 8 heteroatoms.